The van der Waals surface area contributed by atoms with Gasteiger partial charge in [0.05, 0.1) is 4.90 Å². The van der Waals surface area contributed by atoms with Crippen LogP contribution in [0.4, 0.5) is 0 Å². The maximum absolute atomic E-state index is 11.0. The van der Waals surface area contributed by atoms with Gasteiger partial charge in [-0.25, -0.2) is 8.42 Å². The molecule has 0 fully saturated rings. The zero-order chi connectivity index (χ0) is 9.35. The first-order valence-corrected chi connectivity index (χ1v) is 5.99. The molecule has 0 atom stereocenters. The second-order valence-corrected chi connectivity index (χ2v) is 5.58. The standard InChI is InChI=1S/C8H10O2S2.K.H/c1-6-3-4-8(7(2)5-6)12(9,10)11;;/h3-5H,1-2H3,(H,9,10,11);;. The Hall–Kier alpha value is 1.16. The third-order valence-electron chi connectivity index (χ3n) is 1.61. The fourth-order valence-corrected chi connectivity index (χ4v) is 2.41. The van der Waals surface area contributed by atoms with Crippen molar-refractivity contribution in [2.45, 2.75) is 18.7 Å². The first-order valence-electron chi connectivity index (χ1n) is 3.46. The summed E-state index contributed by atoms with van der Waals surface area (Å²) in [4.78, 5) is 0.288. The Labute approximate surface area is 126 Å². The molecule has 0 aliphatic carbocycles. The van der Waals surface area contributed by atoms with E-state index in [2.05, 4.69) is 11.7 Å². The van der Waals surface area contributed by atoms with Crippen LogP contribution in [0.15, 0.2) is 23.1 Å². The molecule has 1 aromatic rings. The Morgan fingerprint density at radius 3 is 2.15 bits per heavy atom. The molecule has 13 heavy (non-hydrogen) atoms. The molecule has 1 rings (SSSR count). The van der Waals surface area contributed by atoms with Crippen molar-refractivity contribution in [2.75, 3.05) is 0 Å². The molecule has 0 saturated heterocycles. The number of rotatable bonds is 1. The van der Waals surface area contributed by atoms with Gasteiger partial charge in [-0.05, 0) is 37.1 Å². The van der Waals surface area contributed by atoms with Crippen molar-refractivity contribution in [3.05, 3.63) is 29.3 Å². The van der Waals surface area contributed by atoms with Crippen LogP contribution < -0.4 is 0 Å². The van der Waals surface area contributed by atoms with E-state index in [0.29, 0.717) is 0 Å². The topological polar surface area (TPSA) is 34.1 Å². The zero-order valence-corrected chi connectivity index (χ0v) is 8.61. The van der Waals surface area contributed by atoms with Crippen molar-refractivity contribution < 1.29 is 8.42 Å². The third-order valence-corrected chi connectivity index (χ3v) is 3.21. The summed E-state index contributed by atoms with van der Waals surface area (Å²) in [5.41, 5.74) is 1.79. The van der Waals surface area contributed by atoms with Crippen molar-refractivity contribution in [3.63, 3.8) is 0 Å². The second kappa shape index (κ2) is 5.30. The first-order chi connectivity index (χ1) is 5.41. The molecule has 0 heterocycles. The SMILES string of the molecule is Cc1ccc(S(=O)(=O)S)c(C)c1.[KH]. The molecule has 0 saturated carbocycles. The number of hydrogen-bond donors (Lipinski definition) is 1. The summed E-state index contributed by atoms with van der Waals surface area (Å²) in [5, 5.41) is 0. The number of thiol groups is 1. The fraction of sp³-hybridized carbons (Fsp3) is 0.250. The Morgan fingerprint density at radius 2 is 1.77 bits per heavy atom. The average Bonchev–Trinajstić information content (AvgIpc) is 1.83. The summed E-state index contributed by atoms with van der Waals surface area (Å²) < 4.78 is 22.1. The van der Waals surface area contributed by atoms with Crippen molar-refractivity contribution in [1.82, 2.24) is 0 Å². The van der Waals surface area contributed by atoms with Gasteiger partial charge in [-0.1, -0.05) is 17.7 Å². The predicted molar refractivity (Wildman–Crippen MR) is 59.2 cm³/mol. The first kappa shape index (κ1) is 14.2. The quantitative estimate of drug-likeness (QED) is 0.457. The van der Waals surface area contributed by atoms with E-state index in [9.17, 15) is 8.42 Å². The van der Waals surface area contributed by atoms with Crippen LogP contribution in [0, 0.1) is 13.8 Å². The van der Waals surface area contributed by atoms with E-state index >= 15 is 0 Å². The Kier molecular flexibility index (Phi) is 5.77. The Morgan fingerprint density at radius 1 is 1.23 bits per heavy atom. The van der Waals surface area contributed by atoms with Gasteiger partial charge in [0.1, 0.15) is 0 Å². The van der Waals surface area contributed by atoms with Gasteiger partial charge in [-0.15, -0.1) is 0 Å². The molecule has 2 nitrogen and oxygen atoms in total. The van der Waals surface area contributed by atoms with Crippen LogP contribution in [0.25, 0.3) is 0 Å². The van der Waals surface area contributed by atoms with Crippen LogP contribution in [0.3, 0.4) is 0 Å². The second-order valence-electron chi connectivity index (χ2n) is 2.74. The van der Waals surface area contributed by atoms with Gasteiger partial charge in [0.2, 0.25) is 8.87 Å². The van der Waals surface area contributed by atoms with Crippen molar-refractivity contribution >= 4 is 71.9 Å². The molecule has 0 aliphatic heterocycles. The zero-order valence-electron chi connectivity index (χ0n) is 6.90. The predicted octanol–water partition coefficient (Wildman–Crippen LogP) is 1.27. The molecular weight excluding hydrogens is 231 g/mol. The number of aryl methyl sites for hydroxylation is 2. The van der Waals surface area contributed by atoms with E-state index < -0.39 is 8.87 Å². The third kappa shape index (κ3) is 4.03. The van der Waals surface area contributed by atoms with Crippen molar-refractivity contribution in [1.29, 1.82) is 0 Å². The van der Waals surface area contributed by atoms with Gasteiger partial charge in [0.15, 0.2) is 0 Å². The van der Waals surface area contributed by atoms with Gasteiger partial charge in [-0.3, -0.25) is 0 Å². The molecule has 0 bridgehead atoms. The van der Waals surface area contributed by atoms with Gasteiger partial charge < -0.3 is 0 Å². The molecule has 0 N–H and O–H groups in total. The van der Waals surface area contributed by atoms with Crippen LogP contribution in [0.2, 0.25) is 0 Å². The molecule has 5 heteroatoms. The minimum absolute atomic E-state index is 0. The molecule has 1 aromatic carbocycles. The summed E-state index contributed by atoms with van der Waals surface area (Å²) in [6, 6.07) is 5.16. The van der Waals surface area contributed by atoms with Crippen LogP contribution >= 0.6 is 11.7 Å². The molecule has 68 valence electrons. The summed E-state index contributed by atoms with van der Waals surface area (Å²) in [7, 11) is -3.36. The molecule has 0 spiro atoms. The fourth-order valence-electron chi connectivity index (χ4n) is 1.09. The molecule has 0 amide bonds. The molecule has 0 aliphatic rings. The van der Waals surface area contributed by atoms with E-state index in [1.165, 1.54) is 0 Å². The molecule has 0 radical (unpaired) electrons. The molecule has 0 aromatic heterocycles. The number of hydrogen-bond acceptors (Lipinski definition) is 2. The van der Waals surface area contributed by atoms with E-state index in [1.807, 2.05) is 13.0 Å². The normalized spacial score (nSPS) is 10.7. The van der Waals surface area contributed by atoms with Gasteiger partial charge in [-0.2, -0.15) is 0 Å². The van der Waals surface area contributed by atoms with Crippen LogP contribution in [-0.2, 0) is 8.87 Å². The van der Waals surface area contributed by atoms with Crippen LogP contribution in [-0.4, -0.2) is 59.8 Å². The Bertz CT molecular complexity index is 399. The Balaban J connectivity index is 0.00000144. The molecular formula is C8H11KO2S2. The van der Waals surface area contributed by atoms with E-state index in [0.717, 1.165) is 11.1 Å². The summed E-state index contributed by atoms with van der Waals surface area (Å²) in [6.07, 6.45) is 0. The number of benzene rings is 1. The maximum atomic E-state index is 11.0. The van der Waals surface area contributed by atoms with Crippen molar-refractivity contribution in [3.8, 4) is 0 Å². The van der Waals surface area contributed by atoms with E-state index in [4.69, 9.17) is 0 Å². The molecule has 0 unspecified atom stereocenters. The van der Waals surface area contributed by atoms with Crippen molar-refractivity contribution in [2.24, 2.45) is 0 Å². The van der Waals surface area contributed by atoms with Crippen LogP contribution in [0.1, 0.15) is 11.1 Å². The minimum atomic E-state index is -3.36. The van der Waals surface area contributed by atoms with Crippen LogP contribution in [0.5, 0.6) is 0 Å². The average molecular weight is 242 g/mol. The summed E-state index contributed by atoms with van der Waals surface area (Å²) in [6.45, 7) is 3.68. The van der Waals surface area contributed by atoms with E-state index in [1.54, 1.807) is 19.1 Å². The van der Waals surface area contributed by atoms with E-state index in [-0.39, 0.29) is 56.3 Å². The van der Waals surface area contributed by atoms with Gasteiger partial charge in [0.25, 0.3) is 0 Å². The van der Waals surface area contributed by atoms with Gasteiger partial charge >= 0.3 is 51.4 Å². The van der Waals surface area contributed by atoms with Gasteiger partial charge in [0, 0.05) is 0 Å². The summed E-state index contributed by atoms with van der Waals surface area (Å²) >= 11 is 3.52. The summed E-state index contributed by atoms with van der Waals surface area (Å²) in [5.74, 6) is 0. The monoisotopic (exact) mass is 242 g/mol.